The van der Waals surface area contributed by atoms with Crippen LogP contribution in [-0.4, -0.2) is 9.78 Å². The monoisotopic (exact) mass is 312 g/mol. The number of benzene rings is 2. The van der Waals surface area contributed by atoms with Gasteiger partial charge in [-0.25, -0.2) is 4.68 Å². The molecule has 0 radical (unpaired) electrons. The molecule has 94 valence electrons. The van der Waals surface area contributed by atoms with Gasteiger partial charge in [0.1, 0.15) is 0 Å². The molecule has 0 unspecified atom stereocenters. The lowest BCUT2D eigenvalue weighted by Crippen LogP contribution is -1.94. The molecule has 1 aromatic heterocycles. The van der Waals surface area contributed by atoms with Gasteiger partial charge in [0.25, 0.3) is 0 Å². The van der Waals surface area contributed by atoms with Crippen LogP contribution in [0.3, 0.4) is 0 Å². The fourth-order valence-corrected chi connectivity index (χ4v) is 2.45. The lowest BCUT2D eigenvalue weighted by molar-refractivity contribution is 0.876. The number of halogens is 1. The van der Waals surface area contributed by atoms with Gasteiger partial charge in [0, 0.05) is 16.2 Å². The topological polar surface area (TPSA) is 17.8 Å². The lowest BCUT2D eigenvalue weighted by atomic mass is 10.1. The van der Waals surface area contributed by atoms with Gasteiger partial charge in [0.15, 0.2) is 0 Å². The van der Waals surface area contributed by atoms with Crippen LogP contribution in [-0.2, 0) is 0 Å². The number of para-hydroxylation sites is 1. The van der Waals surface area contributed by atoms with Crippen LogP contribution in [0, 0.1) is 6.92 Å². The van der Waals surface area contributed by atoms with Gasteiger partial charge in [-0.15, -0.1) is 0 Å². The molecule has 3 aromatic rings. The zero-order chi connectivity index (χ0) is 13.2. The molecule has 1 heterocycles. The Morgan fingerprint density at radius 3 is 2.42 bits per heavy atom. The molecule has 0 saturated carbocycles. The molecule has 0 N–H and O–H groups in total. The summed E-state index contributed by atoms with van der Waals surface area (Å²) in [5.74, 6) is 0. The first-order valence-electron chi connectivity index (χ1n) is 6.11. The van der Waals surface area contributed by atoms with Gasteiger partial charge < -0.3 is 0 Å². The maximum atomic E-state index is 4.43. The first-order chi connectivity index (χ1) is 9.24. The third-order valence-electron chi connectivity index (χ3n) is 3.07. The van der Waals surface area contributed by atoms with E-state index in [0.29, 0.717) is 0 Å². The van der Waals surface area contributed by atoms with E-state index in [-0.39, 0.29) is 0 Å². The zero-order valence-electron chi connectivity index (χ0n) is 10.5. The maximum Gasteiger partial charge on any atom is 0.0787 e. The Labute approximate surface area is 120 Å². The van der Waals surface area contributed by atoms with E-state index in [1.54, 1.807) is 0 Å². The van der Waals surface area contributed by atoms with E-state index in [4.69, 9.17) is 0 Å². The van der Waals surface area contributed by atoms with Crippen LogP contribution in [0.5, 0.6) is 0 Å². The van der Waals surface area contributed by atoms with E-state index >= 15 is 0 Å². The predicted octanol–water partition coefficient (Wildman–Crippen LogP) is 4.61. The minimum atomic E-state index is 1.04. The van der Waals surface area contributed by atoms with Gasteiger partial charge in [-0.05, 0) is 40.5 Å². The second-order valence-electron chi connectivity index (χ2n) is 4.49. The summed E-state index contributed by atoms with van der Waals surface area (Å²) in [5.41, 5.74) is 4.61. The number of nitrogens with zero attached hydrogens (tertiary/aromatic N) is 2. The van der Waals surface area contributed by atoms with Crippen molar-refractivity contribution in [2.24, 2.45) is 0 Å². The minimum Gasteiger partial charge on any atom is -0.239 e. The molecule has 3 rings (SSSR count). The van der Waals surface area contributed by atoms with E-state index in [0.717, 1.165) is 15.7 Å². The van der Waals surface area contributed by atoms with Crippen LogP contribution in [0.4, 0.5) is 0 Å². The van der Waals surface area contributed by atoms with Crippen molar-refractivity contribution in [1.82, 2.24) is 9.78 Å². The zero-order valence-corrected chi connectivity index (χ0v) is 12.1. The Balaban J connectivity index is 2.00. The molecule has 2 aromatic carbocycles. The molecule has 3 heteroatoms. The summed E-state index contributed by atoms with van der Waals surface area (Å²) < 4.78 is 2.92. The van der Waals surface area contributed by atoms with Crippen LogP contribution in [0.1, 0.15) is 5.56 Å². The third kappa shape index (κ3) is 2.47. The molecule has 0 aliphatic heterocycles. The molecule has 19 heavy (non-hydrogen) atoms. The van der Waals surface area contributed by atoms with Crippen LogP contribution < -0.4 is 0 Å². The highest BCUT2D eigenvalue weighted by molar-refractivity contribution is 9.10. The summed E-state index contributed by atoms with van der Waals surface area (Å²) in [6.07, 6.45) is 3.94. The number of aryl methyl sites for hydroxylation is 1. The summed E-state index contributed by atoms with van der Waals surface area (Å²) in [6.45, 7) is 2.09. The first-order valence-corrected chi connectivity index (χ1v) is 6.90. The van der Waals surface area contributed by atoms with Crippen molar-refractivity contribution >= 4 is 15.9 Å². The fraction of sp³-hybridized carbons (Fsp3) is 0.0625. The van der Waals surface area contributed by atoms with Gasteiger partial charge in [-0.2, -0.15) is 5.10 Å². The number of hydrogen-bond acceptors (Lipinski definition) is 1. The molecule has 0 atom stereocenters. The highest BCUT2D eigenvalue weighted by Crippen LogP contribution is 2.24. The lowest BCUT2D eigenvalue weighted by Gasteiger charge is -2.03. The van der Waals surface area contributed by atoms with Crippen LogP contribution in [0.25, 0.3) is 16.8 Å². The standard InChI is InChI=1S/C16H13BrN2/c1-12-6-8-13(9-7-12)14-10-18-19(11-14)16-5-3-2-4-15(16)17/h2-11H,1H3. The second-order valence-corrected chi connectivity index (χ2v) is 5.35. The number of aromatic nitrogens is 2. The summed E-state index contributed by atoms with van der Waals surface area (Å²) >= 11 is 3.55. The summed E-state index contributed by atoms with van der Waals surface area (Å²) in [4.78, 5) is 0. The van der Waals surface area contributed by atoms with Gasteiger partial charge in [-0.3, -0.25) is 0 Å². The SMILES string of the molecule is Cc1ccc(-c2cnn(-c3ccccc3Br)c2)cc1. The van der Waals surface area contributed by atoms with E-state index in [1.807, 2.05) is 41.3 Å². The van der Waals surface area contributed by atoms with E-state index in [2.05, 4.69) is 52.2 Å². The van der Waals surface area contributed by atoms with Crippen molar-refractivity contribution in [2.45, 2.75) is 6.92 Å². The molecular weight excluding hydrogens is 300 g/mol. The van der Waals surface area contributed by atoms with Gasteiger partial charge in [-0.1, -0.05) is 42.0 Å². The van der Waals surface area contributed by atoms with Crippen LogP contribution in [0.2, 0.25) is 0 Å². The summed E-state index contributed by atoms with van der Waals surface area (Å²) in [7, 11) is 0. The molecule has 0 aliphatic rings. The largest absolute Gasteiger partial charge is 0.239 e. The van der Waals surface area contributed by atoms with Crippen LogP contribution in [0.15, 0.2) is 65.4 Å². The molecule has 0 spiro atoms. The highest BCUT2D eigenvalue weighted by atomic mass is 79.9. The molecule has 0 saturated heterocycles. The average Bonchev–Trinajstić information content (AvgIpc) is 2.89. The quantitative estimate of drug-likeness (QED) is 0.675. The Morgan fingerprint density at radius 1 is 0.947 bits per heavy atom. The van der Waals surface area contributed by atoms with Gasteiger partial charge >= 0.3 is 0 Å². The Morgan fingerprint density at radius 2 is 1.68 bits per heavy atom. The molecule has 0 aliphatic carbocycles. The minimum absolute atomic E-state index is 1.04. The predicted molar refractivity (Wildman–Crippen MR) is 81.4 cm³/mol. The van der Waals surface area contributed by atoms with Crippen molar-refractivity contribution in [2.75, 3.05) is 0 Å². The maximum absolute atomic E-state index is 4.43. The second kappa shape index (κ2) is 5.02. The molecule has 0 fully saturated rings. The Bertz CT molecular complexity index is 699. The van der Waals surface area contributed by atoms with E-state index in [1.165, 1.54) is 11.1 Å². The summed E-state index contributed by atoms with van der Waals surface area (Å²) in [6, 6.07) is 16.5. The van der Waals surface area contributed by atoms with Crippen LogP contribution >= 0.6 is 15.9 Å². The first kappa shape index (κ1) is 12.2. The summed E-state index contributed by atoms with van der Waals surface area (Å²) in [5, 5.41) is 4.43. The van der Waals surface area contributed by atoms with Crippen molar-refractivity contribution in [1.29, 1.82) is 0 Å². The molecule has 0 bridgehead atoms. The van der Waals surface area contributed by atoms with E-state index < -0.39 is 0 Å². The fourth-order valence-electron chi connectivity index (χ4n) is 1.99. The Kier molecular flexibility index (Phi) is 3.22. The number of hydrogen-bond donors (Lipinski definition) is 0. The third-order valence-corrected chi connectivity index (χ3v) is 3.74. The smallest absolute Gasteiger partial charge is 0.0787 e. The molecular formula is C16H13BrN2. The van der Waals surface area contributed by atoms with Gasteiger partial charge in [0.05, 0.1) is 11.9 Å². The number of rotatable bonds is 2. The van der Waals surface area contributed by atoms with E-state index in [9.17, 15) is 0 Å². The van der Waals surface area contributed by atoms with Crippen molar-refractivity contribution in [3.05, 3.63) is 71.0 Å². The van der Waals surface area contributed by atoms with Crippen molar-refractivity contribution < 1.29 is 0 Å². The molecule has 0 amide bonds. The molecule has 2 nitrogen and oxygen atoms in total. The Hall–Kier alpha value is -1.87. The average molecular weight is 313 g/mol. The normalized spacial score (nSPS) is 10.6. The van der Waals surface area contributed by atoms with Crippen molar-refractivity contribution in [3.8, 4) is 16.8 Å². The highest BCUT2D eigenvalue weighted by Gasteiger charge is 2.05. The van der Waals surface area contributed by atoms with Crippen molar-refractivity contribution in [3.63, 3.8) is 0 Å². The van der Waals surface area contributed by atoms with Gasteiger partial charge in [0.2, 0.25) is 0 Å².